The van der Waals surface area contributed by atoms with Crippen molar-refractivity contribution in [3.63, 3.8) is 0 Å². The van der Waals surface area contributed by atoms with Crippen LogP contribution in [0, 0.1) is 0 Å². The smallest absolute Gasteiger partial charge is 0.360 e. The first-order chi connectivity index (χ1) is 13.2. The number of fused-ring (bicyclic) bond motifs is 1. The molecule has 0 unspecified atom stereocenters. The third-order valence-electron chi connectivity index (χ3n) is 4.05. The van der Waals surface area contributed by atoms with Gasteiger partial charge in [0.1, 0.15) is 15.2 Å². The molecule has 6 heteroatoms. The zero-order valence-corrected chi connectivity index (χ0v) is 15.4. The van der Waals surface area contributed by atoms with Gasteiger partial charge >= 0.3 is 5.97 Å². The summed E-state index contributed by atoms with van der Waals surface area (Å²) in [5.74, 6) is -0.841. The lowest BCUT2D eigenvalue weighted by Gasteiger charge is -2.08. The van der Waals surface area contributed by atoms with Crippen LogP contribution in [0.25, 0.3) is 32.0 Å². The summed E-state index contributed by atoms with van der Waals surface area (Å²) in [6.07, 6.45) is 0. The summed E-state index contributed by atoms with van der Waals surface area (Å²) in [6, 6.07) is 19.2. The Bertz CT molecular complexity index is 1110. The van der Waals surface area contributed by atoms with E-state index in [0.29, 0.717) is 15.9 Å². The van der Waals surface area contributed by atoms with Crippen LogP contribution in [0.5, 0.6) is 5.75 Å². The van der Waals surface area contributed by atoms with Crippen molar-refractivity contribution < 1.29 is 14.6 Å². The molecule has 0 amide bonds. The number of aromatic nitrogens is 2. The highest BCUT2D eigenvalue weighted by Gasteiger charge is 2.24. The van der Waals surface area contributed by atoms with E-state index >= 15 is 0 Å². The maximum Gasteiger partial charge on any atom is 0.360 e. The van der Waals surface area contributed by atoms with Crippen molar-refractivity contribution in [2.75, 3.05) is 6.61 Å². The van der Waals surface area contributed by atoms with E-state index in [0.717, 1.165) is 16.1 Å². The number of carbonyl (C=O) groups is 1. The van der Waals surface area contributed by atoms with Gasteiger partial charge in [0.15, 0.2) is 11.4 Å². The van der Waals surface area contributed by atoms with Crippen LogP contribution >= 0.6 is 11.3 Å². The highest BCUT2D eigenvalue weighted by atomic mass is 32.1. The largest absolute Gasteiger partial charge is 0.504 e. The molecule has 0 aliphatic carbocycles. The average molecular weight is 376 g/mol. The number of hydrogen-bond donors (Lipinski definition) is 1. The van der Waals surface area contributed by atoms with Gasteiger partial charge in [-0.15, -0.1) is 11.3 Å². The number of carbonyl (C=O) groups excluding carboxylic acids is 1. The summed E-state index contributed by atoms with van der Waals surface area (Å²) in [5, 5.41) is 11.4. The van der Waals surface area contributed by atoms with Crippen molar-refractivity contribution in [1.29, 1.82) is 0 Å². The molecule has 0 saturated carbocycles. The van der Waals surface area contributed by atoms with Crippen LogP contribution in [-0.4, -0.2) is 27.7 Å². The molecule has 2 aromatic heterocycles. The summed E-state index contributed by atoms with van der Waals surface area (Å²) in [7, 11) is 0. The van der Waals surface area contributed by atoms with Crippen molar-refractivity contribution in [2.45, 2.75) is 6.92 Å². The molecule has 0 radical (unpaired) electrons. The third kappa shape index (κ3) is 3.15. The van der Waals surface area contributed by atoms with Crippen LogP contribution in [-0.2, 0) is 4.74 Å². The molecule has 1 N–H and O–H groups in total. The van der Waals surface area contributed by atoms with Gasteiger partial charge in [-0.3, -0.25) is 0 Å². The van der Waals surface area contributed by atoms with E-state index in [2.05, 4.69) is 4.98 Å². The Kier molecular flexibility index (Phi) is 4.56. The van der Waals surface area contributed by atoms with E-state index in [1.165, 1.54) is 11.3 Å². The minimum absolute atomic E-state index is 0.0912. The molecule has 0 spiro atoms. The minimum Gasteiger partial charge on any atom is -0.504 e. The fourth-order valence-electron chi connectivity index (χ4n) is 2.81. The molecule has 0 aliphatic heterocycles. The molecular weight excluding hydrogens is 360 g/mol. The fraction of sp³-hybridized carbons (Fsp3) is 0.0952. The molecule has 27 heavy (non-hydrogen) atoms. The van der Waals surface area contributed by atoms with Crippen molar-refractivity contribution in [3.05, 3.63) is 66.4 Å². The van der Waals surface area contributed by atoms with Crippen molar-refractivity contribution in [2.24, 2.45) is 0 Å². The summed E-state index contributed by atoms with van der Waals surface area (Å²) in [6.45, 7) is 1.92. The number of thiazole rings is 1. The Morgan fingerprint density at radius 3 is 2.26 bits per heavy atom. The van der Waals surface area contributed by atoms with Crippen LogP contribution in [0.4, 0.5) is 0 Å². The van der Waals surface area contributed by atoms with Gasteiger partial charge in [0.05, 0.1) is 12.3 Å². The van der Waals surface area contributed by atoms with E-state index in [-0.39, 0.29) is 18.1 Å². The molecule has 0 fully saturated rings. The van der Waals surface area contributed by atoms with E-state index in [1.54, 1.807) is 6.92 Å². The number of benzene rings is 2. The van der Waals surface area contributed by atoms with Crippen LogP contribution in [0.2, 0.25) is 0 Å². The Labute approximate surface area is 159 Å². The maximum atomic E-state index is 12.3. The van der Waals surface area contributed by atoms with E-state index in [4.69, 9.17) is 9.72 Å². The van der Waals surface area contributed by atoms with Crippen LogP contribution in [0.1, 0.15) is 17.4 Å². The molecule has 2 aromatic carbocycles. The monoisotopic (exact) mass is 376 g/mol. The number of rotatable bonds is 4. The number of hydrogen-bond acceptors (Lipinski definition) is 6. The molecule has 0 bridgehead atoms. The topological polar surface area (TPSA) is 72.3 Å². The average Bonchev–Trinajstić information content (AvgIpc) is 3.16. The van der Waals surface area contributed by atoms with E-state index < -0.39 is 5.97 Å². The van der Waals surface area contributed by atoms with Gasteiger partial charge in [-0.05, 0) is 6.92 Å². The summed E-state index contributed by atoms with van der Waals surface area (Å²) >= 11 is 1.33. The predicted octanol–water partition coefficient (Wildman–Crippen LogP) is 4.91. The van der Waals surface area contributed by atoms with Crippen molar-refractivity contribution in [1.82, 2.24) is 9.97 Å². The van der Waals surface area contributed by atoms with Gasteiger partial charge in [0.25, 0.3) is 0 Å². The van der Waals surface area contributed by atoms with E-state index in [9.17, 15) is 9.90 Å². The van der Waals surface area contributed by atoms with E-state index in [1.807, 2.05) is 60.7 Å². The van der Waals surface area contributed by atoms with Gasteiger partial charge in [-0.25, -0.2) is 14.8 Å². The Hall–Kier alpha value is -3.25. The van der Waals surface area contributed by atoms with Gasteiger partial charge in [-0.1, -0.05) is 60.7 Å². The summed E-state index contributed by atoms with van der Waals surface area (Å²) < 4.78 is 5.58. The highest BCUT2D eigenvalue weighted by molar-refractivity contribution is 7.22. The van der Waals surface area contributed by atoms with Gasteiger partial charge in [-0.2, -0.15) is 0 Å². The molecule has 134 valence electrons. The molecule has 4 aromatic rings. The lowest BCUT2D eigenvalue weighted by molar-refractivity contribution is 0.0516. The van der Waals surface area contributed by atoms with Crippen LogP contribution in [0.3, 0.4) is 0 Å². The lowest BCUT2D eigenvalue weighted by atomic mass is 10.1. The van der Waals surface area contributed by atoms with Crippen molar-refractivity contribution >= 4 is 27.5 Å². The third-order valence-corrected chi connectivity index (χ3v) is 5.16. The molecule has 4 rings (SSSR count). The summed E-state index contributed by atoms with van der Waals surface area (Å²) in [5.41, 5.74) is 2.78. The van der Waals surface area contributed by atoms with Crippen molar-refractivity contribution in [3.8, 4) is 27.6 Å². The highest BCUT2D eigenvalue weighted by Crippen LogP contribution is 2.41. The number of nitrogens with zero attached hydrogens (tertiary/aromatic N) is 2. The Morgan fingerprint density at radius 1 is 1.00 bits per heavy atom. The summed E-state index contributed by atoms with van der Waals surface area (Å²) in [4.78, 5) is 21.4. The molecule has 0 saturated heterocycles. The fourth-order valence-corrected chi connectivity index (χ4v) is 3.83. The number of ether oxygens (including phenoxy) is 1. The standard InChI is InChI=1S/C21H16N2O3S/c1-2-26-21(25)17-18(24)19-16(15(22-17)13-9-5-3-6-10-13)23-20(27-19)14-11-7-4-8-12-14/h3-12,24H,2H2,1H3. The van der Waals surface area contributed by atoms with Crippen LogP contribution in [0.15, 0.2) is 60.7 Å². The second kappa shape index (κ2) is 7.17. The van der Waals surface area contributed by atoms with Crippen LogP contribution < -0.4 is 0 Å². The van der Waals surface area contributed by atoms with Gasteiger partial charge in [0, 0.05) is 11.1 Å². The SMILES string of the molecule is CCOC(=O)c1nc(-c2ccccc2)c2nc(-c3ccccc3)sc2c1O. The second-order valence-corrected chi connectivity index (χ2v) is 6.81. The zero-order chi connectivity index (χ0) is 18.8. The zero-order valence-electron chi connectivity index (χ0n) is 14.5. The lowest BCUT2D eigenvalue weighted by Crippen LogP contribution is -2.08. The number of aromatic hydroxyl groups is 1. The first-order valence-corrected chi connectivity index (χ1v) is 9.32. The normalized spacial score (nSPS) is 10.9. The molecule has 2 heterocycles. The second-order valence-electron chi connectivity index (χ2n) is 5.81. The van der Waals surface area contributed by atoms with Gasteiger partial charge in [0.2, 0.25) is 0 Å². The first-order valence-electron chi connectivity index (χ1n) is 8.50. The Morgan fingerprint density at radius 2 is 1.63 bits per heavy atom. The molecule has 0 aliphatic rings. The first kappa shape index (κ1) is 17.2. The predicted molar refractivity (Wildman–Crippen MR) is 106 cm³/mol. The minimum atomic E-state index is -0.649. The number of esters is 1. The number of pyridine rings is 1. The quantitative estimate of drug-likeness (QED) is 0.513. The molecular formula is C21H16N2O3S. The van der Waals surface area contributed by atoms with Gasteiger partial charge < -0.3 is 9.84 Å². The molecule has 0 atom stereocenters. The maximum absolute atomic E-state index is 12.3. The Balaban J connectivity index is 2.00. The molecule has 5 nitrogen and oxygen atoms in total.